The third-order valence-corrected chi connectivity index (χ3v) is 11.6. The Bertz CT molecular complexity index is 1340. The molecular formula is C53H87NO6. The van der Waals surface area contributed by atoms with Crippen LogP contribution in [0.15, 0.2) is 41.4 Å². The van der Waals surface area contributed by atoms with E-state index in [9.17, 15) is 4.79 Å². The number of rotatable bonds is 39. The predicted octanol–water partition coefficient (Wildman–Crippen LogP) is 16.0. The summed E-state index contributed by atoms with van der Waals surface area (Å²) in [6, 6.07) is 11.1. The van der Waals surface area contributed by atoms with Crippen LogP contribution in [0.3, 0.4) is 0 Å². The summed E-state index contributed by atoms with van der Waals surface area (Å²) < 4.78 is 31.1. The number of aliphatic imine (C=N–C) groups is 1. The zero-order valence-corrected chi connectivity index (χ0v) is 39.0. The topological polar surface area (TPSA) is 75.6 Å². The molecule has 1 heterocycles. The minimum atomic E-state index is -0.459. The summed E-state index contributed by atoms with van der Waals surface area (Å²) >= 11 is 0. The second-order valence-corrected chi connectivity index (χ2v) is 17.4. The molecule has 0 fully saturated rings. The highest BCUT2D eigenvalue weighted by molar-refractivity contribution is 5.96. The molecule has 0 amide bonds. The number of unbranched alkanes of at least 4 members (excludes halogenated alkanes) is 27. The van der Waals surface area contributed by atoms with E-state index >= 15 is 0 Å². The molecule has 0 saturated heterocycles. The van der Waals surface area contributed by atoms with Crippen molar-refractivity contribution in [3.63, 3.8) is 0 Å². The zero-order valence-electron chi connectivity index (χ0n) is 39.0. The number of benzene rings is 2. The zero-order chi connectivity index (χ0) is 42.7. The van der Waals surface area contributed by atoms with E-state index in [1.54, 1.807) is 24.3 Å². The molecule has 1 aliphatic heterocycles. The van der Waals surface area contributed by atoms with Gasteiger partial charge >= 0.3 is 5.97 Å². The fraction of sp³-hybridized carbons (Fsp3) is 0.736. The summed E-state index contributed by atoms with van der Waals surface area (Å²) in [5, 5.41) is 0. The number of hydrogen-bond donors (Lipinski definition) is 0. The lowest BCUT2D eigenvalue weighted by Gasteiger charge is -2.19. The molecule has 0 spiro atoms. The molecule has 1 atom stereocenters. The maximum atomic E-state index is 13.8. The average Bonchev–Trinajstić information content (AvgIpc) is 3.70. The molecule has 7 heteroatoms. The van der Waals surface area contributed by atoms with Crippen LogP contribution in [0.4, 0.5) is 0 Å². The van der Waals surface area contributed by atoms with E-state index in [1.165, 1.54) is 154 Å². The van der Waals surface area contributed by atoms with Crippen molar-refractivity contribution in [2.24, 2.45) is 4.99 Å². The lowest BCUT2D eigenvalue weighted by molar-refractivity contribution is 0.0733. The lowest BCUT2D eigenvalue weighted by Crippen LogP contribution is -2.12. The van der Waals surface area contributed by atoms with Crippen molar-refractivity contribution in [3.05, 3.63) is 47.5 Å². The third-order valence-electron chi connectivity index (χ3n) is 11.6. The van der Waals surface area contributed by atoms with Crippen LogP contribution in [0, 0.1) is 0 Å². The van der Waals surface area contributed by atoms with Crippen molar-refractivity contribution in [2.75, 3.05) is 26.4 Å². The van der Waals surface area contributed by atoms with Crippen LogP contribution >= 0.6 is 0 Å². The van der Waals surface area contributed by atoms with Gasteiger partial charge in [0.2, 0.25) is 11.6 Å². The number of hydrogen-bond acceptors (Lipinski definition) is 7. The second-order valence-electron chi connectivity index (χ2n) is 17.4. The van der Waals surface area contributed by atoms with Crippen molar-refractivity contribution < 1.29 is 28.5 Å². The molecule has 340 valence electrons. The molecule has 0 N–H and O–H groups in total. The van der Waals surface area contributed by atoms with Crippen molar-refractivity contribution in [3.8, 4) is 23.0 Å². The molecule has 0 aliphatic carbocycles. The van der Waals surface area contributed by atoms with Gasteiger partial charge in [0.05, 0.1) is 31.4 Å². The van der Waals surface area contributed by atoms with Crippen LogP contribution < -0.4 is 18.9 Å². The Balaban J connectivity index is 1.66. The van der Waals surface area contributed by atoms with Crippen LogP contribution in [0.5, 0.6) is 23.0 Å². The van der Waals surface area contributed by atoms with Gasteiger partial charge in [-0.15, -0.1) is 0 Å². The molecule has 2 aromatic carbocycles. The Morgan fingerprint density at radius 3 is 1.27 bits per heavy atom. The highest BCUT2D eigenvalue weighted by Crippen LogP contribution is 2.40. The van der Waals surface area contributed by atoms with Gasteiger partial charge in [0.15, 0.2) is 11.5 Å². The van der Waals surface area contributed by atoms with Gasteiger partial charge in [0.25, 0.3) is 0 Å². The molecule has 7 nitrogen and oxygen atoms in total. The Labute approximate surface area is 367 Å². The summed E-state index contributed by atoms with van der Waals surface area (Å²) in [6.07, 6.45) is 37.9. The SMILES string of the molecule is CCCCCCCCCCCCOc1cc(C(=O)Oc2ccc(C3=N[C@@H](C)CO3)cc2)cc(OCCCCCCCCCCCC)c1OCCCCCCCCCCCC. The summed E-state index contributed by atoms with van der Waals surface area (Å²) in [7, 11) is 0. The average molecular weight is 834 g/mol. The van der Waals surface area contributed by atoms with E-state index in [4.69, 9.17) is 23.7 Å². The van der Waals surface area contributed by atoms with Gasteiger partial charge in [-0.3, -0.25) is 0 Å². The Kier molecular flexibility index (Phi) is 29.3. The van der Waals surface area contributed by atoms with Gasteiger partial charge < -0.3 is 23.7 Å². The first-order valence-electron chi connectivity index (χ1n) is 25.1. The second kappa shape index (κ2) is 34.4. The molecular weight excluding hydrogens is 747 g/mol. The van der Waals surface area contributed by atoms with E-state index in [1.807, 2.05) is 19.1 Å². The smallest absolute Gasteiger partial charge is 0.343 e. The third kappa shape index (κ3) is 23.1. The fourth-order valence-electron chi connectivity index (χ4n) is 7.82. The largest absolute Gasteiger partial charge is 0.490 e. The maximum Gasteiger partial charge on any atom is 0.343 e. The monoisotopic (exact) mass is 834 g/mol. The van der Waals surface area contributed by atoms with Gasteiger partial charge in [-0.25, -0.2) is 9.79 Å². The van der Waals surface area contributed by atoms with Gasteiger partial charge in [-0.1, -0.05) is 194 Å². The van der Waals surface area contributed by atoms with E-state index in [2.05, 4.69) is 25.8 Å². The number of carbonyl (C=O) groups is 1. The Hall–Kier alpha value is -3.22. The molecule has 60 heavy (non-hydrogen) atoms. The van der Waals surface area contributed by atoms with E-state index in [0.29, 0.717) is 60.9 Å². The molecule has 0 aromatic heterocycles. The summed E-state index contributed by atoms with van der Waals surface area (Å²) in [5.41, 5.74) is 1.26. The number of esters is 1. The van der Waals surface area contributed by atoms with E-state index < -0.39 is 5.97 Å². The van der Waals surface area contributed by atoms with Crippen LogP contribution in [-0.2, 0) is 4.74 Å². The predicted molar refractivity (Wildman–Crippen MR) is 252 cm³/mol. The van der Waals surface area contributed by atoms with Crippen molar-refractivity contribution in [2.45, 2.75) is 226 Å². The lowest BCUT2D eigenvalue weighted by atomic mass is 10.1. The Morgan fingerprint density at radius 1 is 0.533 bits per heavy atom. The number of carbonyl (C=O) groups excluding carboxylic acids is 1. The molecule has 0 saturated carbocycles. The molecule has 3 rings (SSSR count). The Morgan fingerprint density at radius 2 is 0.900 bits per heavy atom. The van der Waals surface area contributed by atoms with Crippen molar-refractivity contribution >= 4 is 11.9 Å². The van der Waals surface area contributed by atoms with Crippen LogP contribution in [-0.4, -0.2) is 44.3 Å². The summed E-state index contributed by atoms with van der Waals surface area (Å²) in [5.74, 6) is 2.36. The van der Waals surface area contributed by atoms with Crippen molar-refractivity contribution in [1.82, 2.24) is 0 Å². The number of nitrogens with zero attached hydrogens (tertiary/aromatic N) is 1. The van der Waals surface area contributed by atoms with Gasteiger partial charge in [0.1, 0.15) is 12.4 Å². The van der Waals surface area contributed by atoms with Gasteiger partial charge in [-0.2, -0.15) is 0 Å². The minimum absolute atomic E-state index is 0.141. The standard InChI is InChI=1S/C53H87NO6/c1-5-8-11-14-17-20-23-26-29-32-39-56-49-42-47(53(55)60-48-37-35-46(36-38-48)52-54-45(4)44-59-52)43-50(57-40-33-30-27-24-21-18-15-12-9-6-2)51(49)58-41-34-31-28-25-22-19-16-13-10-7-3/h35-38,42-43,45H,5-34,39-41,44H2,1-4H3/t45-/m0/s1. The first-order valence-corrected chi connectivity index (χ1v) is 25.1. The first kappa shape index (κ1) is 51.1. The fourth-order valence-corrected chi connectivity index (χ4v) is 7.82. The molecule has 2 aromatic rings. The van der Waals surface area contributed by atoms with E-state index in [-0.39, 0.29) is 6.04 Å². The molecule has 0 bridgehead atoms. The summed E-state index contributed by atoms with van der Waals surface area (Å²) in [4.78, 5) is 18.3. The maximum absolute atomic E-state index is 13.8. The van der Waals surface area contributed by atoms with Crippen LogP contribution in [0.2, 0.25) is 0 Å². The van der Waals surface area contributed by atoms with Crippen LogP contribution in [0.1, 0.15) is 236 Å². The molecule has 0 radical (unpaired) electrons. The van der Waals surface area contributed by atoms with Gasteiger partial charge in [0, 0.05) is 5.56 Å². The van der Waals surface area contributed by atoms with E-state index in [0.717, 1.165) is 44.1 Å². The summed E-state index contributed by atoms with van der Waals surface area (Å²) in [6.45, 7) is 11.1. The normalized spacial score (nSPS) is 13.6. The van der Waals surface area contributed by atoms with Gasteiger partial charge in [-0.05, 0) is 62.6 Å². The van der Waals surface area contributed by atoms with Crippen LogP contribution in [0.25, 0.3) is 0 Å². The molecule has 0 unspecified atom stereocenters. The highest BCUT2D eigenvalue weighted by atomic mass is 16.5. The van der Waals surface area contributed by atoms with Crippen molar-refractivity contribution in [1.29, 1.82) is 0 Å². The minimum Gasteiger partial charge on any atom is -0.490 e. The number of ether oxygens (including phenoxy) is 5. The molecule has 1 aliphatic rings. The first-order chi connectivity index (χ1) is 29.5. The quantitative estimate of drug-likeness (QED) is 0.0379. The highest BCUT2D eigenvalue weighted by Gasteiger charge is 2.21.